The number of hydrogen-bond donors (Lipinski definition) is 1. The van der Waals surface area contributed by atoms with E-state index in [1.807, 2.05) is 18.4 Å². The molecule has 13 heteroatoms. The van der Waals surface area contributed by atoms with Crippen molar-refractivity contribution in [1.29, 1.82) is 0 Å². The highest BCUT2D eigenvalue weighted by Crippen LogP contribution is 2.35. The quantitative estimate of drug-likeness (QED) is 0.253. The molecule has 4 aromatic rings. The molecule has 220 valence electrons. The van der Waals surface area contributed by atoms with E-state index in [9.17, 15) is 22.8 Å². The number of anilines is 1. The number of nitrogens with zero attached hydrogens (tertiary/aromatic N) is 5. The van der Waals surface area contributed by atoms with Crippen molar-refractivity contribution in [1.82, 2.24) is 25.5 Å². The van der Waals surface area contributed by atoms with Crippen LogP contribution in [-0.4, -0.2) is 44.7 Å². The van der Waals surface area contributed by atoms with Gasteiger partial charge in [-0.15, -0.1) is 21.5 Å². The van der Waals surface area contributed by atoms with Gasteiger partial charge in [0, 0.05) is 11.7 Å². The van der Waals surface area contributed by atoms with Gasteiger partial charge in [0.25, 0.3) is 5.91 Å². The minimum absolute atomic E-state index is 0.0890. The van der Waals surface area contributed by atoms with Gasteiger partial charge in [0.15, 0.2) is 0 Å². The number of aromatic nitrogens is 4. The Morgan fingerprint density at radius 1 is 1.12 bits per heavy atom. The number of amides is 2. The molecule has 0 saturated heterocycles. The van der Waals surface area contributed by atoms with Gasteiger partial charge in [-0.3, -0.25) is 14.5 Å². The van der Waals surface area contributed by atoms with Crippen molar-refractivity contribution in [2.45, 2.75) is 57.4 Å². The normalized spacial score (nSPS) is 14.5. The Balaban J connectivity index is 1.56. The number of benzene rings is 2. The molecule has 5 rings (SSSR count). The van der Waals surface area contributed by atoms with Gasteiger partial charge in [0.2, 0.25) is 11.7 Å². The third-order valence-electron chi connectivity index (χ3n) is 6.91. The molecule has 1 atom stereocenters. The van der Waals surface area contributed by atoms with E-state index in [2.05, 4.69) is 20.7 Å². The highest BCUT2D eigenvalue weighted by atomic mass is 32.1. The summed E-state index contributed by atoms with van der Waals surface area (Å²) in [5.74, 6) is -0.320. The van der Waals surface area contributed by atoms with Gasteiger partial charge in [0.1, 0.15) is 18.3 Å². The van der Waals surface area contributed by atoms with Gasteiger partial charge in [-0.05, 0) is 72.3 Å². The molecule has 0 spiro atoms. The average Bonchev–Trinajstić information content (AvgIpc) is 3.75. The zero-order valence-corrected chi connectivity index (χ0v) is 23.6. The molecule has 1 aliphatic rings. The summed E-state index contributed by atoms with van der Waals surface area (Å²) in [6.07, 6.45) is -1.17. The second-order valence-electron chi connectivity index (χ2n) is 9.83. The Morgan fingerprint density at radius 2 is 1.88 bits per heavy atom. The summed E-state index contributed by atoms with van der Waals surface area (Å²) in [4.78, 5) is 30.8. The maximum Gasteiger partial charge on any atom is 0.416 e. The Bertz CT molecular complexity index is 1500. The smallest absolute Gasteiger partial charge is 0.416 e. The molecule has 0 aliphatic heterocycles. The molecular formula is C29H29F3N6O3S. The van der Waals surface area contributed by atoms with E-state index in [1.165, 1.54) is 23.5 Å². The molecule has 2 amide bonds. The molecule has 0 radical (unpaired) electrons. The van der Waals surface area contributed by atoms with Crippen LogP contribution in [-0.2, 0) is 22.3 Å². The summed E-state index contributed by atoms with van der Waals surface area (Å²) in [5.41, 5.74) is -0.627. The topological polar surface area (TPSA) is 102 Å². The highest BCUT2D eigenvalue weighted by Gasteiger charge is 2.37. The van der Waals surface area contributed by atoms with Crippen molar-refractivity contribution >= 4 is 28.8 Å². The lowest BCUT2D eigenvalue weighted by Gasteiger charge is -2.32. The SMILES string of the molecule is CCOc1ccc([C@H](C(=O)NC2CCCC2)N(C(=O)Cn2nnc(-c3cccs3)n2)c2cccc(C(F)(F)F)c2)cc1. The number of tetrazole rings is 1. The summed E-state index contributed by atoms with van der Waals surface area (Å²) < 4.78 is 46.8. The van der Waals surface area contributed by atoms with Crippen LogP contribution in [0, 0.1) is 0 Å². The summed E-state index contributed by atoms with van der Waals surface area (Å²) in [6.45, 7) is 1.80. The third-order valence-corrected chi connectivity index (χ3v) is 7.77. The number of ether oxygens (including phenoxy) is 1. The second-order valence-corrected chi connectivity index (χ2v) is 10.8. The van der Waals surface area contributed by atoms with Crippen LogP contribution in [0.2, 0.25) is 0 Å². The maximum atomic E-state index is 14.0. The monoisotopic (exact) mass is 598 g/mol. The first-order valence-corrected chi connectivity index (χ1v) is 14.4. The predicted octanol–water partition coefficient (Wildman–Crippen LogP) is 5.65. The Labute approximate surface area is 244 Å². The fourth-order valence-electron chi connectivity index (χ4n) is 4.96. The van der Waals surface area contributed by atoms with Crippen LogP contribution in [0.15, 0.2) is 66.0 Å². The lowest BCUT2D eigenvalue weighted by Crippen LogP contribution is -2.47. The number of alkyl halides is 3. The lowest BCUT2D eigenvalue weighted by atomic mass is 10.0. The lowest BCUT2D eigenvalue weighted by molar-refractivity contribution is -0.137. The molecule has 1 aliphatic carbocycles. The van der Waals surface area contributed by atoms with Crippen LogP contribution in [0.5, 0.6) is 5.75 Å². The van der Waals surface area contributed by atoms with E-state index in [-0.39, 0.29) is 11.7 Å². The van der Waals surface area contributed by atoms with Crippen LogP contribution in [0.4, 0.5) is 18.9 Å². The molecule has 2 aromatic heterocycles. The van der Waals surface area contributed by atoms with Crippen molar-refractivity contribution in [3.63, 3.8) is 0 Å². The first-order valence-electron chi connectivity index (χ1n) is 13.6. The molecular weight excluding hydrogens is 569 g/mol. The number of hydrogen-bond acceptors (Lipinski definition) is 7. The molecule has 2 heterocycles. The number of thiophene rings is 1. The minimum Gasteiger partial charge on any atom is -0.494 e. The molecule has 0 bridgehead atoms. The Hall–Kier alpha value is -4.26. The molecule has 42 heavy (non-hydrogen) atoms. The third kappa shape index (κ3) is 6.78. The average molecular weight is 599 g/mol. The minimum atomic E-state index is -4.66. The molecule has 1 saturated carbocycles. The van der Waals surface area contributed by atoms with Crippen LogP contribution in [0.1, 0.15) is 49.8 Å². The first kappa shape index (κ1) is 29.2. The van der Waals surface area contributed by atoms with Gasteiger partial charge < -0.3 is 10.1 Å². The van der Waals surface area contributed by atoms with Crippen molar-refractivity contribution in [2.75, 3.05) is 11.5 Å². The Morgan fingerprint density at radius 3 is 2.55 bits per heavy atom. The van der Waals surface area contributed by atoms with Crippen LogP contribution in [0.3, 0.4) is 0 Å². The zero-order valence-electron chi connectivity index (χ0n) is 22.8. The van der Waals surface area contributed by atoms with Crippen molar-refractivity contribution < 1.29 is 27.5 Å². The number of carbonyl (C=O) groups excluding carboxylic acids is 2. The van der Waals surface area contributed by atoms with Gasteiger partial charge >= 0.3 is 6.18 Å². The fourth-order valence-corrected chi connectivity index (χ4v) is 5.61. The molecule has 0 unspecified atom stereocenters. The zero-order chi connectivity index (χ0) is 29.7. The first-order chi connectivity index (χ1) is 20.2. The van der Waals surface area contributed by atoms with E-state index in [0.29, 0.717) is 23.7 Å². The van der Waals surface area contributed by atoms with Gasteiger partial charge in [-0.2, -0.15) is 18.0 Å². The summed E-state index contributed by atoms with van der Waals surface area (Å²) >= 11 is 1.40. The molecule has 1 fully saturated rings. The summed E-state index contributed by atoms with van der Waals surface area (Å²) in [5, 5.41) is 17.1. The predicted molar refractivity (Wildman–Crippen MR) is 151 cm³/mol. The number of rotatable bonds is 10. The fraction of sp³-hybridized carbons (Fsp3) is 0.345. The number of nitrogens with one attached hydrogen (secondary N) is 1. The summed E-state index contributed by atoms with van der Waals surface area (Å²) in [6, 6.07) is 13.2. The molecule has 9 nitrogen and oxygen atoms in total. The standard InChI is InChI=1S/C29H29F3N6O3S/c1-2-41-23-14-12-19(13-15-23)26(28(40)33-21-8-3-4-9-21)38(22-10-5-7-20(17-22)29(30,31)32)25(39)18-37-35-27(34-36-37)24-11-6-16-42-24/h5-7,10-17,21,26H,2-4,8-9,18H2,1H3,(H,33,40)/t26-/m1/s1. The maximum absolute atomic E-state index is 14.0. The van der Waals surface area contributed by atoms with Gasteiger partial charge in [0.05, 0.1) is 17.0 Å². The van der Waals surface area contributed by atoms with Crippen LogP contribution >= 0.6 is 11.3 Å². The van der Waals surface area contributed by atoms with Gasteiger partial charge in [-0.25, -0.2) is 0 Å². The van der Waals surface area contributed by atoms with Crippen LogP contribution < -0.4 is 15.0 Å². The van der Waals surface area contributed by atoms with E-state index < -0.39 is 36.1 Å². The van der Waals surface area contributed by atoms with Crippen LogP contribution in [0.25, 0.3) is 10.7 Å². The number of halogens is 3. The molecule has 1 N–H and O–H groups in total. The molecule has 2 aromatic carbocycles. The van der Waals surface area contributed by atoms with E-state index in [0.717, 1.165) is 52.4 Å². The highest BCUT2D eigenvalue weighted by molar-refractivity contribution is 7.13. The van der Waals surface area contributed by atoms with E-state index in [4.69, 9.17) is 4.74 Å². The number of carbonyl (C=O) groups is 2. The van der Waals surface area contributed by atoms with E-state index >= 15 is 0 Å². The van der Waals surface area contributed by atoms with Crippen molar-refractivity contribution in [2.24, 2.45) is 0 Å². The largest absolute Gasteiger partial charge is 0.494 e. The van der Waals surface area contributed by atoms with E-state index in [1.54, 1.807) is 30.3 Å². The summed E-state index contributed by atoms with van der Waals surface area (Å²) in [7, 11) is 0. The van der Waals surface area contributed by atoms with Crippen molar-refractivity contribution in [3.8, 4) is 16.5 Å². The van der Waals surface area contributed by atoms with Crippen molar-refractivity contribution in [3.05, 3.63) is 77.2 Å². The second kappa shape index (κ2) is 12.7. The van der Waals surface area contributed by atoms with Gasteiger partial charge in [-0.1, -0.05) is 37.1 Å². The Kier molecular flexibility index (Phi) is 8.86.